The minimum absolute atomic E-state index is 0.0910. The first-order chi connectivity index (χ1) is 26.0. The van der Waals surface area contributed by atoms with E-state index in [1.54, 1.807) is 46.9 Å². The van der Waals surface area contributed by atoms with Gasteiger partial charge in [0.15, 0.2) is 11.3 Å². The second kappa shape index (κ2) is 16.8. The third kappa shape index (κ3) is 10.8. The molecular weight excluding hydrogens is 719 g/mol. The molecule has 5 rings (SSSR count). The van der Waals surface area contributed by atoms with Crippen molar-refractivity contribution in [3.8, 4) is 23.3 Å². The van der Waals surface area contributed by atoms with Crippen LogP contribution in [0.3, 0.4) is 0 Å². The Labute approximate surface area is 314 Å². The van der Waals surface area contributed by atoms with E-state index in [-0.39, 0.29) is 34.9 Å². The van der Waals surface area contributed by atoms with E-state index in [2.05, 4.69) is 37.5 Å². The Kier molecular flexibility index (Phi) is 12.1. The van der Waals surface area contributed by atoms with Crippen molar-refractivity contribution in [1.29, 1.82) is 0 Å². The van der Waals surface area contributed by atoms with Gasteiger partial charge in [-0.1, -0.05) is 18.8 Å². The summed E-state index contributed by atoms with van der Waals surface area (Å²) in [5.41, 5.74) is 0.461. The van der Waals surface area contributed by atoms with Crippen LogP contribution in [0.2, 0.25) is 0 Å². The summed E-state index contributed by atoms with van der Waals surface area (Å²) in [4.78, 5) is 45.5. The number of aromatic carboxylic acids is 1. The first kappa shape index (κ1) is 39.8. The fraction of sp³-hybridized carbons (Fsp3) is 0.333. The molecule has 5 aromatic rings. The highest BCUT2D eigenvalue weighted by atomic mass is 19.4. The Balaban J connectivity index is 1.38. The number of hydrogen-bond acceptors (Lipinski definition) is 8. The van der Waals surface area contributed by atoms with Gasteiger partial charge < -0.3 is 29.8 Å². The van der Waals surface area contributed by atoms with E-state index >= 15 is 0 Å². The maximum atomic E-state index is 13.9. The van der Waals surface area contributed by atoms with Crippen molar-refractivity contribution in [2.75, 3.05) is 18.5 Å². The van der Waals surface area contributed by atoms with Crippen molar-refractivity contribution in [2.45, 2.75) is 72.1 Å². The van der Waals surface area contributed by atoms with Crippen molar-refractivity contribution < 1.29 is 42.1 Å². The van der Waals surface area contributed by atoms with Crippen LogP contribution in [0, 0.1) is 25.7 Å². The molecule has 0 saturated heterocycles. The first-order valence-electron chi connectivity index (χ1n) is 17.4. The Morgan fingerprint density at radius 3 is 2.40 bits per heavy atom. The van der Waals surface area contributed by atoms with Crippen LogP contribution in [0.15, 0.2) is 61.2 Å². The van der Waals surface area contributed by atoms with Gasteiger partial charge in [-0.05, 0) is 101 Å². The number of halogens is 3. The normalized spacial score (nSPS) is 11.5. The quantitative estimate of drug-likeness (QED) is 0.0872. The lowest BCUT2D eigenvalue weighted by molar-refractivity contribution is -0.137. The Hall–Kier alpha value is -6.37. The summed E-state index contributed by atoms with van der Waals surface area (Å²) in [5.74, 6) is 4.32. The number of fused-ring (bicyclic) bond motifs is 1. The van der Waals surface area contributed by atoms with E-state index in [0.29, 0.717) is 41.2 Å². The van der Waals surface area contributed by atoms with Gasteiger partial charge in [-0.3, -0.25) is 4.79 Å². The summed E-state index contributed by atoms with van der Waals surface area (Å²) in [7, 11) is 0. The number of aryl methyl sites for hydroxylation is 1. The van der Waals surface area contributed by atoms with Crippen molar-refractivity contribution in [3.63, 3.8) is 0 Å². The molecule has 288 valence electrons. The van der Waals surface area contributed by atoms with Crippen LogP contribution < -0.4 is 15.4 Å². The van der Waals surface area contributed by atoms with Gasteiger partial charge in [-0.15, -0.1) is 0 Å². The van der Waals surface area contributed by atoms with Crippen LogP contribution in [-0.4, -0.2) is 66.0 Å². The van der Waals surface area contributed by atoms with Crippen LogP contribution in [0.25, 0.3) is 11.3 Å². The zero-order valence-corrected chi connectivity index (χ0v) is 30.9. The molecule has 3 N–H and O–H groups in total. The number of alkyl carbamates (subject to hydrolysis) is 1. The molecular formula is C39H40F3N7O6. The molecule has 0 bridgehead atoms. The number of anilines is 1. The van der Waals surface area contributed by atoms with Gasteiger partial charge in [-0.25, -0.2) is 24.1 Å². The van der Waals surface area contributed by atoms with Crippen LogP contribution >= 0.6 is 0 Å². The number of carboxylic acids is 1. The van der Waals surface area contributed by atoms with Gasteiger partial charge in [0.25, 0.3) is 5.91 Å². The molecule has 0 fully saturated rings. The highest BCUT2D eigenvalue weighted by molar-refractivity contribution is 6.06. The fourth-order valence-corrected chi connectivity index (χ4v) is 5.37. The van der Waals surface area contributed by atoms with E-state index in [1.807, 2.05) is 0 Å². The molecule has 0 unspecified atom stereocenters. The average molecular weight is 760 g/mol. The van der Waals surface area contributed by atoms with E-state index in [1.165, 1.54) is 45.9 Å². The molecule has 0 aliphatic heterocycles. The Morgan fingerprint density at radius 1 is 0.945 bits per heavy atom. The molecule has 13 nitrogen and oxygen atoms in total. The van der Waals surface area contributed by atoms with E-state index in [9.17, 15) is 32.7 Å². The number of alkyl halides is 3. The monoisotopic (exact) mass is 759 g/mol. The average Bonchev–Trinajstić information content (AvgIpc) is 3.73. The number of hydrogen-bond donors (Lipinski definition) is 3. The minimum Gasteiger partial charge on any atom is -0.494 e. The van der Waals surface area contributed by atoms with E-state index in [4.69, 9.17) is 9.47 Å². The lowest BCUT2D eigenvalue weighted by atomic mass is 10.0. The Bertz CT molecular complexity index is 2280. The topological polar surface area (TPSA) is 162 Å². The number of amides is 2. The zero-order valence-electron chi connectivity index (χ0n) is 30.9. The highest BCUT2D eigenvalue weighted by Crippen LogP contribution is 2.33. The minimum atomic E-state index is -4.69. The smallest absolute Gasteiger partial charge is 0.416 e. The van der Waals surface area contributed by atoms with Crippen LogP contribution in [-0.2, 0) is 10.9 Å². The lowest BCUT2D eigenvalue weighted by Crippen LogP contribution is -2.32. The van der Waals surface area contributed by atoms with Crippen molar-refractivity contribution in [3.05, 3.63) is 101 Å². The molecule has 2 aromatic carbocycles. The number of aromatic nitrogens is 5. The molecule has 0 aliphatic carbocycles. The molecule has 55 heavy (non-hydrogen) atoms. The van der Waals surface area contributed by atoms with E-state index in [0.717, 1.165) is 31.4 Å². The summed E-state index contributed by atoms with van der Waals surface area (Å²) in [6.07, 6.45) is 2.21. The van der Waals surface area contributed by atoms with Gasteiger partial charge in [0.05, 0.1) is 30.4 Å². The second-order valence-electron chi connectivity index (χ2n) is 13.7. The molecule has 2 amide bonds. The summed E-state index contributed by atoms with van der Waals surface area (Å²) in [5, 5.41) is 18.8. The SMILES string of the molecule is Cc1cn(-c2cc(NC(=O)c3cc(OCCCCCCNC(=O)OC(C)(C)C)cc(C#Cc4cnc5ccc(C(=O)O)nn45)c3C)cc(C(F)(F)F)c2)cn1. The zero-order chi connectivity index (χ0) is 39.9. The second-order valence-corrected chi connectivity index (χ2v) is 13.7. The molecule has 16 heteroatoms. The number of rotatable bonds is 12. The predicted octanol–water partition coefficient (Wildman–Crippen LogP) is 7.36. The maximum Gasteiger partial charge on any atom is 0.416 e. The Morgan fingerprint density at radius 2 is 1.71 bits per heavy atom. The molecule has 0 atom stereocenters. The number of ether oxygens (including phenoxy) is 2. The third-order valence-electron chi connectivity index (χ3n) is 8.05. The van der Waals surface area contributed by atoms with Crippen molar-refractivity contribution in [2.24, 2.45) is 0 Å². The predicted molar refractivity (Wildman–Crippen MR) is 197 cm³/mol. The maximum absolute atomic E-state index is 13.9. The molecule has 3 aromatic heterocycles. The summed E-state index contributed by atoms with van der Waals surface area (Å²) >= 11 is 0. The molecule has 0 aliphatic rings. The lowest BCUT2D eigenvalue weighted by Gasteiger charge is -2.19. The number of benzene rings is 2. The number of nitrogens with one attached hydrogen (secondary N) is 2. The fourth-order valence-electron chi connectivity index (χ4n) is 5.37. The summed E-state index contributed by atoms with van der Waals surface area (Å²) < 4.78 is 55.8. The van der Waals surface area contributed by atoms with Crippen molar-refractivity contribution in [1.82, 2.24) is 29.5 Å². The first-order valence-corrected chi connectivity index (χ1v) is 17.4. The standard InChI is InChI=1S/C39H40F3N7O6/c1-24-22-48(23-45-24)30-18-27(39(40,41)42)17-28(19-30)46-35(50)32-20-31(54-15-9-7-6-8-14-43-37(53)55-38(3,4)5)16-26(25(32)2)10-11-29-21-44-34-13-12-33(36(51)52)47-49(29)34/h12-13,16-23H,6-9,14-15H2,1-5H3,(H,43,53)(H,46,50)(H,51,52). The number of nitrogens with zero attached hydrogens (tertiary/aromatic N) is 5. The third-order valence-corrected chi connectivity index (χ3v) is 8.05. The van der Waals surface area contributed by atoms with Gasteiger partial charge in [0.2, 0.25) is 0 Å². The van der Waals surface area contributed by atoms with Crippen LogP contribution in [0.1, 0.15) is 95.4 Å². The highest BCUT2D eigenvalue weighted by Gasteiger charge is 2.32. The number of carbonyl (C=O) groups excluding carboxylic acids is 2. The van der Waals surface area contributed by atoms with Crippen molar-refractivity contribution >= 4 is 29.3 Å². The van der Waals surface area contributed by atoms with Gasteiger partial charge in [0, 0.05) is 35.2 Å². The number of imidazole rings is 2. The summed E-state index contributed by atoms with van der Waals surface area (Å²) in [6, 6.07) is 9.20. The van der Waals surface area contributed by atoms with E-state index < -0.39 is 35.3 Å². The largest absolute Gasteiger partial charge is 0.494 e. The number of carboxylic acid groups (broad SMARTS) is 1. The molecule has 3 heterocycles. The number of carbonyl (C=O) groups is 3. The molecule has 0 saturated carbocycles. The van der Waals surface area contributed by atoms with Crippen LogP contribution in [0.5, 0.6) is 5.75 Å². The van der Waals surface area contributed by atoms with Gasteiger partial charge in [0.1, 0.15) is 17.0 Å². The van der Waals surface area contributed by atoms with Gasteiger partial charge >= 0.3 is 18.2 Å². The van der Waals surface area contributed by atoms with Crippen LogP contribution in [0.4, 0.5) is 23.7 Å². The molecule has 0 spiro atoms. The van der Waals surface area contributed by atoms with Gasteiger partial charge in [-0.2, -0.15) is 18.3 Å². The number of unbranched alkanes of at least 4 members (excludes halogenated alkanes) is 3. The molecule has 0 radical (unpaired) electrons. The summed E-state index contributed by atoms with van der Waals surface area (Å²) in [6.45, 7) is 9.47.